The van der Waals surface area contributed by atoms with E-state index >= 15 is 0 Å². The molecule has 0 saturated carbocycles. The van der Waals surface area contributed by atoms with E-state index in [2.05, 4.69) is 0 Å². The number of ketones is 1. The summed E-state index contributed by atoms with van der Waals surface area (Å²) in [6.07, 6.45) is 0. The van der Waals surface area contributed by atoms with Crippen molar-refractivity contribution in [2.24, 2.45) is 0 Å². The van der Waals surface area contributed by atoms with Crippen LogP contribution >= 0.6 is 0 Å². The molecule has 0 atom stereocenters. The van der Waals surface area contributed by atoms with Gasteiger partial charge in [-0.2, -0.15) is 4.31 Å². The lowest BCUT2D eigenvalue weighted by Crippen LogP contribution is -2.35. The second-order valence-electron chi connectivity index (χ2n) is 7.90. The maximum Gasteiger partial charge on any atom is 0.318 e. The lowest BCUT2D eigenvalue weighted by Gasteiger charge is -2.21. The molecule has 0 aliphatic rings. The summed E-state index contributed by atoms with van der Waals surface area (Å²) < 4.78 is 39.8. The van der Waals surface area contributed by atoms with Crippen molar-refractivity contribution in [3.05, 3.63) is 95.7 Å². The van der Waals surface area contributed by atoms with Gasteiger partial charge in [-0.25, -0.2) is 8.42 Å². The SMILES string of the molecule is CC(=O)c1cc2c(S(=O)(=O)N(CC(=O)O)Cc3ccccc3)ccc(OCc3ccccc3)c2o1. The number of fused-ring (bicyclic) bond motifs is 1. The van der Waals surface area contributed by atoms with Gasteiger partial charge in [0, 0.05) is 18.9 Å². The molecule has 1 N–H and O–H groups in total. The highest BCUT2D eigenvalue weighted by Crippen LogP contribution is 2.36. The van der Waals surface area contributed by atoms with Gasteiger partial charge in [0.25, 0.3) is 0 Å². The number of Topliss-reactive ketones (excluding diaryl/α,β-unsaturated/α-hetero) is 1. The third kappa shape index (κ3) is 5.42. The Balaban J connectivity index is 1.77. The molecule has 8 nitrogen and oxygen atoms in total. The summed E-state index contributed by atoms with van der Waals surface area (Å²) in [4.78, 5) is 23.4. The highest BCUT2D eigenvalue weighted by molar-refractivity contribution is 7.89. The Labute approximate surface area is 202 Å². The van der Waals surface area contributed by atoms with E-state index in [1.54, 1.807) is 30.3 Å². The third-order valence-corrected chi connectivity index (χ3v) is 7.17. The number of aliphatic carboxylic acids is 1. The van der Waals surface area contributed by atoms with Crippen molar-refractivity contribution >= 4 is 32.7 Å². The van der Waals surface area contributed by atoms with Gasteiger partial charge < -0.3 is 14.3 Å². The highest BCUT2D eigenvalue weighted by atomic mass is 32.2. The zero-order valence-electron chi connectivity index (χ0n) is 18.9. The largest absolute Gasteiger partial charge is 0.485 e. The minimum atomic E-state index is -4.29. The van der Waals surface area contributed by atoms with Gasteiger partial charge in [0.2, 0.25) is 10.0 Å². The van der Waals surface area contributed by atoms with Crippen molar-refractivity contribution in [1.82, 2.24) is 4.31 Å². The second-order valence-corrected chi connectivity index (χ2v) is 9.80. The van der Waals surface area contributed by atoms with E-state index in [9.17, 15) is 23.1 Å². The average Bonchev–Trinajstić information content (AvgIpc) is 3.29. The fourth-order valence-corrected chi connectivity index (χ4v) is 5.17. The first-order chi connectivity index (χ1) is 16.8. The number of hydrogen-bond acceptors (Lipinski definition) is 6. The van der Waals surface area contributed by atoms with Crippen LogP contribution in [0.4, 0.5) is 0 Å². The van der Waals surface area contributed by atoms with Gasteiger partial charge in [-0.05, 0) is 29.3 Å². The Bertz CT molecular complexity index is 1460. The van der Waals surface area contributed by atoms with Crippen LogP contribution in [0.1, 0.15) is 28.6 Å². The van der Waals surface area contributed by atoms with Gasteiger partial charge in [-0.3, -0.25) is 9.59 Å². The van der Waals surface area contributed by atoms with Crippen molar-refractivity contribution in [2.75, 3.05) is 6.54 Å². The first-order valence-corrected chi connectivity index (χ1v) is 12.2. The van der Waals surface area contributed by atoms with Gasteiger partial charge in [0.15, 0.2) is 22.9 Å². The molecule has 35 heavy (non-hydrogen) atoms. The molecular weight excluding hydrogens is 470 g/mol. The molecule has 0 aliphatic heterocycles. The topological polar surface area (TPSA) is 114 Å². The van der Waals surface area contributed by atoms with Gasteiger partial charge in [0.1, 0.15) is 13.2 Å². The second kappa shape index (κ2) is 10.1. The first-order valence-electron chi connectivity index (χ1n) is 10.8. The van der Waals surface area contributed by atoms with E-state index in [0.717, 1.165) is 9.87 Å². The molecule has 1 aromatic heterocycles. The minimum absolute atomic E-state index is 0.0277. The minimum Gasteiger partial charge on any atom is -0.485 e. The summed E-state index contributed by atoms with van der Waals surface area (Å²) in [6, 6.07) is 22.2. The fraction of sp³-hybridized carbons (Fsp3) is 0.154. The van der Waals surface area contributed by atoms with Gasteiger partial charge >= 0.3 is 5.97 Å². The fourth-order valence-electron chi connectivity index (χ4n) is 3.62. The maximum atomic E-state index is 13.7. The van der Waals surface area contributed by atoms with E-state index in [0.29, 0.717) is 5.56 Å². The average molecular weight is 494 g/mol. The van der Waals surface area contributed by atoms with Crippen LogP contribution in [0.5, 0.6) is 5.75 Å². The van der Waals surface area contributed by atoms with E-state index in [1.165, 1.54) is 25.1 Å². The van der Waals surface area contributed by atoms with E-state index in [1.807, 2.05) is 30.3 Å². The molecule has 0 spiro atoms. The van der Waals surface area contributed by atoms with Crippen LogP contribution in [0.25, 0.3) is 11.0 Å². The number of carbonyl (C=O) groups is 2. The number of hydrogen-bond donors (Lipinski definition) is 1. The summed E-state index contributed by atoms with van der Waals surface area (Å²) >= 11 is 0. The molecule has 1 heterocycles. The first kappa shape index (κ1) is 24.2. The van der Waals surface area contributed by atoms with Crippen molar-refractivity contribution in [3.8, 4) is 5.75 Å². The predicted molar refractivity (Wildman–Crippen MR) is 129 cm³/mol. The molecule has 3 aromatic carbocycles. The smallest absolute Gasteiger partial charge is 0.318 e. The molecule has 0 fully saturated rings. The number of carbonyl (C=O) groups excluding carboxylic acids is 1. The Morgan fingerprint density at radius 1 is 0.943 bits per heavy atom. The number of furan rings is 1. The molecule has 0 aliphatic carbocycles. The Kier molecular flexibility index (Phi) is 6.99. The van der Waals surface area contributed by atoms with Crippen LogP contribution in [0.2, 0.25) is 0 Å². The number of ether oxygens (including phenoxy) is 1. The molecule has 0 saturated heterocycles. The quantitative estimate of drug-likeness (QED) is 0.324. The van der Waals surface area contributed by atoms with E-state index in [-0.39, 0.29) is 46.3 Å². The standard InChI is InChI=1S/C26H23NO7S/c1-18(28)23-14-21-24(13-12-22(26(21)34-23)33-17-20-10-6-3-7-11-20)35(31,32)27(16-25(29)30)15-19-8-4-2-5-9-19/h2-14H,15-17H2,1H3,(H,29,30). The van der Waals surface area contributed by atoms with Crippen LogP contribution in [0.3, 0.4) is 0 Å². The zero-order valence-corrected chi connectivity index (χ0v) is 19.7. The Hall–Kier alpha value is -3.95. The number of nitrogens with zero attached hydrogens (tertiary/aromatic N) is 1. The lowest BCUT2D eigenvalue weighted by atomic mass is 10.2. The molecule has 0 amide bonds. The summed E-state index contributed by atoms with van der Waals surface area (Å²) in [7, 11) is -4.29. The van der Waals surface area contributed by atoms with Crippen molar-refractivity contribution in [2.45, 2.75) is 25.0 Å². The molecular formula is C26H23NO7S. The van der Waals surface area contributed by atoms with Crippen molar-refractivity contribution < 1.29 is 32.3 Å². The Morgan fingerprint density at radius 2 is 1.57 bits per heavy atom. The normalized spacial score (nSPS) is 11.6. The zero-order chi connectivity index (χ0) is 25.0. The number of sulfonamides is 1. The summed E-state index contributed by atoms with van der Waals surface area (Å²) in [5.74, 6) is -1.44. The molecule has 9 heteroatoms. The molecule has 4 aromatic rings. The van der Waals surface area contributed by atoms with Crippen molar-refractivity contribution in [3.63, 3.8) is 0 Å². The summed E-state index contributed by atoms with van der Waals surface area (Å²) in [6.45, 7) is 0.642. The van der Waals surface area contributed by atoms with Crippen LogP contribution in [-0.2, 0) is 28.0 Å². The van der Waals surface area contributed by atoms with Crippen LogP contribution < -0.4 is 4.74 Å². The third-order valence-electron chi connectivity index (χ3n) is 5.32. The van der Waals surface area contributed by atoms with Gasteiger partial charge in [-0.1, -0.05) is 60.7 Å². The summed E-state index contributed by atoms with van der Waals surface area (Å²) in [5, 5.41) is 9.54. The lowest BCUT2D eigenvalue weighted by molar-refractivity contribution is -0.137. The number of benzene rings is 3. The molecule has 4 rings (SSSR count). The number of carboxylic acid groups (broad SMARTS) is 1. The van der Waals surface area contributed by atoms with E-state index in [4.69, 9.17) is 9.15 Å². The monoisotopic (exact) mass is 493 g/mol. The van der Waals surface area contributed by atoms with E-state index < -0.39 is 22.5 Å². The van der Waals surface area contributed by atoms with Crippen LogP contribution in [0, 0.1) is 0 Å². The summed E-state index contributed by atoms with van der Waals surface area (Å²) in [5.41, 5.74) is 1.63. The molecule has 0 bridgehead atoms. The van der Waals surface area contributed by atoms with Gasteiger partial charge in [-0.15, -0.1) is 0 Å². The number of carboxylic acids is 1. The van der Waals surface area contributed by atoms with Crippen LogP contribution in [0.15, 0.2) is 88.2 Å². The highest BCUT2D eigenvalue weighted by Gasteiger charge is 2.30. The maximum absolute atomic E-state index is 13.7. The molecule has 180 valence electrons. The number of rotatable bonds is 10. The van der Waals surface area contributed by atoms with Crippen LogP contribution in [-0.4, -0.2) is 36.1 Å². The molecule has 0 unspecified atom stereocenters. The van der Waals surface area contributed by atoms with Crippen molar-refractivity contribution in [1.29, 1.82) is 0 Å². The van der Waals surface area contributed by atoms with Gasteiger partial charge in [0.05, 0.1) is 4.90 Å². The predicted octanol–water partition coefficient (Wildman–Crippen LogP) is 4.49. The Morgan fingerprint density at radius 3 is 2.17 bits per heavy atom. The molecule has 0 radical (unpaired) electrons.